The van der Waals surface area contributed by atoms with Gasteiger partial charge in [-0.25, -0.2) is 0 Å². The Balaban J connectivity index is 2.39. The van der Waals surface area contributed by atoms with Crippen molar-refractivity contribution in [3.05, 3.63) is 40.6 Å². The molecule has 0 unspecified atom stereocenters. The van der Waals surface area contributed by atoms with Crippen LogP contribution >= 0.6 is 0 Å². The lowest BCUT2D eigenvalue weighted by Gasteiger charge is -2.12. The van der Waals surface area contributed by atoms with E-state index in [4.69, 9.17) is 13.9 Å². The highest BCUT2D eigenvalue weighted by molar-refractivity contribution is 5.89. The number of phenolic OH excluding ortho intramolecular Hbond substituents is 2. The molecule has 0 aliphatic rings. The molecule has 7 heteroatoms. The summed E-state index contributed by atoms with van der Waals surface area (Å²) in [7, 11) is 2.71. The Morgan fingerprint density at radius 2 is 1.58 bits per heavy atom. The molecule has 7 nitrogen and oxygen atoms in total. The Bertz CT molecular complexity index is 988. The van der Waals surface area contributed by atoms with E-state index in [0.29, 0.717) is 0 Å². The highest BCUT2D eigenvalue weighted by Gasteiger charge is 2.21. The summed E-state index contributed by atoms with van der Waals surface area (Å²) in [4.78, 5) is 12.5. The molecule has 0 radical (unpaired) electrons. The summed E-state index contributed by atoms with van der Waals surface area (Å²) in [5.74, 6) is -0.681. The zero-order valence-electron chi connectivity index (χ0n) is 12.9. The van der Waals surface area contributed by atoms with Crippen LogP contribution in [0.5, 0.6) is 28.7 Å². The first-order valence-corrected chi connectivity index (χ1v) is 6.90. The van der Waals surface area contributed by atoms with Crippen LogP contribution in [0.3, 0.4) is 0 Å². The van der Waals surface area contributed by atoms with Gasteiger partial charge >= 0.3 is 0 Å². The SMILES string of the molecule is COc1cc(O)ccc1-c1oc2cc(O)cc(OC)c2c(=O)c1O. The van der Waals surface area contributed by atoms with Gasteiger partial charge in [-0.2, -0.15) is 0 Å². The zero-order chi connectivity index (χ0) is 17.4. The molecule has 124 valence electrons. The highest BCUT2D eigenvalue weighted by atomic mass is 16.5. The number of aromatic hydroxyl groups is 3. The first-order valence-electron chi connectivity index (χ1n) is 6.90. The lowest BCUT2D eigenvalue weighted by molar-refractivity contribution is 0.403. The molecular formula is C17H14O7. The fraction of sp³-hybridized carbons (Fsp3) is 0.118. The first-order chi connectivity index (χ1) is 11.5. The van der Waals surface area contributed by atoms with Crippen molar-refractivity contribution in [1.29, 1.82) is 0 Å². The van der Waals surface area contributed by atoms with Crippen molar-refractivity contribution < 1.29 is 29.2 Å². The minimum atomic E-state index is -0.710. The molecule has 2 aromatic carbocycles. The third-order valence-electron chi connectivity index (χ3n) is 3.57. The van der Waals surface area contributed by atoms with Crippen molar-refractivity contribution in [2.24, 2.45) is 0 Å². The maximum absolute atomic E-state index is 12.5. The Hall–Kier alpha value is -3.35. The van der Waals surface area contributed by atoms with Crippen molar-refractivity contribution in [1.82, 2.24) is 0 Å². The van der Waals surface area contributed by atoms with Crippen LogP contribution < -0.4 is 14.9 Å². The van der Waals surface area contributed by atoms with Crippen LogP contribution in [-0.4, -0.2) is 29.5 Å². The van der Waals surface area contributed by atoms with Gasteiger partial charge in [0.2, 0.25) is 11.2 Å². The smallest absolute Gasteiger partial charge is 0.238 e. The number of benzene rings is 2. The molecule has 0 atom stereocenters. The molecule has 0 saturated heterocycles. The number of hydrogen-bond donors (Lipinski definition) is 3. The molecule has 0 aliphatic carbocycles. The van der Waals surface area contributed by atoms with Crippen molar-refractivity contribution in [2.75, 3.05) is 14.2 Å². The molecule has 0 saturated carbocycles. The Kier molecular flexibility index (Phi) is 3.69. The second-order valence-electron chi connectivity index (χ2n) is 5.01. The van der Waals surface area contributed by atoms with Crippen molar-refractivity contribution >= 4 is 11.0 Å². The lowest BCUT2D eigenvalue weighted by Crippen LogP contribution is -2.05. The fourth-order valence-corrected chi connectivity index (χ4v) is 2.47. The lowest BCUT2D eigenvalue weighted by atomic mass is 10.1. The molecular weight excluding hydrogens is 316 g/mol. The van der Waals surface area contributed by atoms with Gasteiger partial charge in [0.05, 0.1) is 19.8 Å². The molecule has 3 N–H and O–H groups in total. The number of fused-ring (bicyclic) bond motifs is 1. The van der Waals surface area contributed by atoms with Crippen LogP contribution in [0.2, 0.25) is 0 Å². The second-order valence-corrected chi connectivity index (χ2v) is 5.01. The Morgan fingerprint density at radius 1 is 0.917 bits per heavy atom. The van der Waals surface area contributed by atoms with Gasteiger partial charge in [0.1, 0.15) is 34.0 Å². The minimum absolute atomic E-state index is 0.00861. The third kappa shape index (κ3) is 2.36. The van der Waals surface area contributed by atoms with E-state index in [0.717, 1.165) is 0 Å². The summed E-state index contributed by atoms with van der Waals surface area (Å²) in [6.45, 7) is 0. The van der Waals surface area contributed by atoms with Crippen LogP contribution in [0.4, 0.5) is 0 Å². The van der Waals surface area contributed by atoms with Crippen molar-refractivity contribution in [3.63, 3.8) is 0 Å². The Labute approximate surface area is 135 Å². The summed E-state index contributed by atoms with van der Waals surface area (Å²) >= 11 is 0. The van der Waals surface area contributed by atoms with E-state index in [1.54, 1.807) is 0 Å². The second kappa shape index (κ2) is 5.69. The quantitative estimate of drug-likeness (QED) is 0.677. The number of hydrogen-bond acceptors (Lipinski definition) is 7. The van der Waals surface area contributed by atoms with Crippen LogP contribution in [0, 0.1) is 0 Å². The average Bonchev–Trinajstić information content (AvgIpc) is 2.57. The van der Waals surface area contributed by atoms with Crippen molar-refractivity contribution in [2.45, 2.75) is 0 Å². The number of phenols is 2. The van der Waals surface area contributed by atoms with E-state index in [2.05, 4.69) is 0 Å². The normalized spacial score (nSPS) is 10.8. The van der Waals surface area contributed by atoms with Gasteiger partial charge in [-0.05, 0) is 12.1 Å². The molecule has 1 heterocycles. The highest BCUT2D eigenvalue weighted by Crippen LogP contribution is 2.39. The van der Waals surface area contributed by atoms with Crippen LogP contribution in [0.1, 0.15) is 0 Å². The molecule has 3 aromatic rings. The number of ether oxygens (including phenoxy) is 2. The van der Waals surface area contributed by atoms with E-state index in [1.165, 1.54) is 44.6 Å². The van der Waals surface area contributed by atoms with Crippen LogP contribution in [0.25, 0.3) is 22.3 Å². The predicted octanol–water partition coefficient (Wildman–Crippen LogP) is 2.59. The van der Waals surface area contributed by atoms with Crippen LogP contribution in [0.15, 0.2) is 39.5 Å². The van der Waals surface area contributed by atoms with Gasteiger partial charge in [-0.3, -0.25) is 4.79 Å². The monoisotopic (exact) mass is 330 g/mol. The first kappa shape index (κ1) is 15.5. The van der Waals surface area contributed by atoms with Crippen LogP contribution in [-0.2, 0) is 0 Å². The largest absolute Gasteiger partial charge is 0.508 e. The van der Waals surface area contributed by atoms with Crippen molar-refractivity contribution in [3.8, 4) is 40.1 Å². The third-order valence-corrected chi connectivity index (χ3v) is 3.57. The predicted molar refractivity (Wildman–Crippen MR) is 86.0 cm³/mol. The number of methoxy groups -OCH3 is 2. The minimum Gasteiger partial charge on any atom is -0.508 e. The maximum atomic E-state index is 12.5. The maximum Gasteiger partial charge on any atom is 0.238 e. The summed E-state index contributed by atoms with van der Waals surface area (Å²) in [6, 6.07) is 6.62. The van der Waals surface area contributed by atoms with Gasteiger partial charge in [0, 0.05) is 18.2 Å². The molecule has 0 amide bonds. The van der Waals surface area contributed by atoms with Gasteiger partial charge < -0.3 is 29.2 Å². The average molecular weight is 330 g/mol. The van der Waals surface area contributed by atoms with E-state index < -0.39 is 11.2 Å². The van der Waals surface area contributed by atoms with Gasteiger partial charge in [0.25, 0.3) is 0 Å². The van der Waals surface area contributed by atoms with Gasteiger partial charge in [-0.15, -0.1) is 0 Å². The Morgan fingerprint density at radius 3 is 2.25 bits per heavy atom. The summed E-state index contributed by atoms with van der Waals surface area (Å²) in [5, 5.41) is 29.6. The molecule has 1 aromatic heterocycles. The zero-order valence-corrected chi connectivity index (χ0v) is 12.9. The fourth-order valence-electron chi connectivity index (χ4n) is 2.47. The standard InChI is InChI=1S/C17H14O7/c1-22-11-5-8(18)3-4-10(11)17-16(21)15(20)14-12(23-2)6-9(19)7-13(14)24-17/h3-7,18-19,21H,1-2H3. The summed E-state index contributed by atoms with van der Waals surface area (Å²) < 4.78 is 15.8. The molecule has 0 fully saturated rings. The summed E-state index contributed by atoms with van der Waals surface area (Å²) in [6.07, 6.45) is 0. The topological polar surface area (TPSA) is 109 Å². The van der Waals surface area contributed by atoms with E-state index in [1.807, 2.05) is 0 Å². The van der Waals surface area contributed by atoms with Gasteiger partial charge in [-0.1, -0.05) is 0 Å². The molecule has 0 spiro atoms. The molecule has 24 heavy (non-hydrogen) atoms. The molecule has 3 rings (SSSR count). The van der Waals surface area contributed by atoms with E-state index in [9.17, 15) is 20.1 Å². The summed E-state index contributed by atoms with van der Waals surface area (Å²) in [5.41, 5.74) is -0.396. The molecule has 0 bridgehead atoms. The molecule has 0 aliphatic heterocycles. The van der Waals surface area contributed by atoms with E-state index >= 15 is 0 Å². The van der Waals surface area contributed by atoms with Gasteiger partial charge in [0.15, 0.2) is 5.76 Å². The van der Waals surface area contributed by atoms with E-state index in [-0.39, 0.29) is 45.3 Å². The number of rotatable bonds is 3.